The van der Waals surface area contributed by atoms with Gasteiger partial charge < -0.3 is 9.80 Å². The third kappa shape index (κ3) is 3.04. The minimum absolute atomic E-state index is 0.160. The number of nitrogens with zero attached hydrogens (tertiary/aromatic N) is 3. The van der Waals surface area contributed by atoms with Gasteiger partial charge in [-0.05, 0) is 49.9 Å². The lowest BCUT2D eigenvalue weighted by Crippen LogP contribution is -2.56. The van der Waals surface area contributed by atoms with Crippen LogP contribution in [-0.2, 0) is 4.79 Å². The molecule has 1 unspecified atom stereocenters. The molecule has 3 heterocycles. The summed E-state index contributed by atoms with van der Waals surface area (Å²) < 4.78 is 15.4. The van der Waals surface area contributed by atoms with Crippen LogP contribution in [-0.4, -0.2) is 58.4 Å². The molecule has 2 aromatic rings. The Morgan fingerprint density at radius 3 is 2.62 bits per heavy atom. The summed E-state index contributed by atoms with van der Waals surface area (Å²) >= 11 is 0. The van der Waals surface area contributed by atoms with Gasteiger partial charge in [-0.3, -0.25) is 14.6 Å². The number of hydrogen-bond acceptors (Lipinski definition) is 3. The van der Waals surface area contributed by atoms with Crippen LogP contribution in [0.5, 0.6) is 0 Å². The first-order chi connectivity index (χ1) is 12.6. The van der Waals surface area contributed by atoms with Crippen LogP contribution in [0.25, 0.3) is 10.9 Å². The predicted octanol–water partition coefficient (Wildman–Crippen LogP) is 2.80. The van der Waals surface area contributed by atoms with Gasteiger partial charge in [0.15, 0.2) is 0 Å². The van der Waals surface area contributed by atoms with Crippen molar-refractivity contribution < 1.29 is 14.0 Å². The van der Waals surface area contributed by atoms with Crippen molar-refractivity contribution in [1.29, 1.82) is 0 Å². The number of halogens is 1. The lowest BCUT2D eigenvalue weighted by Gasteiger charge is -2.38. The Kier molecular flexibility index (Phi) is 4.34. The monoisotopic (exact) mass is 355 g/mol. The van der Waals surface area contributed by atoms with Gasteiger partial charge in [0, 0.05) is 36.8 Å². The first kappa shape index (κ1) is 16.9. The molecule has 2 aliphatic rings. The molecule has 2 amide bonds. The molecule has 1 aromatic heterocycles. The lowest BCUT2D eigenvalue weighted by molar-refractivity contribution is -0.146. The molecule has 0 spiro atoms. The van der Waals surface area contributed by atoms with Gasteiger partial charge in [-0.2, -0.15) is 0 Å². The molecule has 5 nitrogen and oxygen atoms in total. The van der Waals surface area contributed by atoms with Crippen LogP contribution >= 0.6 is 0 Å². The van der Waals surface area contributed by atoms with E-state index in [1.807, 2.05) is 12.1 Å². The van der Waals surface area contributed by atoms with E-state index < -0.39 is 11.6 Å². The minimum Gasteiger partial charge on any atom is -0.340 e. The molecule has 0 saturated carbocycles. The SMILES string of the molecule is O=C(c1ccc2ncccc2c1)N1CCCC(F)(C(=O)N2CCCC2)C1. The van der Waals surface area contributed by atoms with Crippen molar-refractivity contribution in [2.75, 3.05) is 26.2 Å². The Morgan fingerprint density at radius 2 is 1.81 bits per heavy atom. The number of piperidine rings is 1. The van der Waals surface area contributed by atoms with Gasteiger partial charge in [-0.25, -0.2) is 4.39 Å². The van der Waals surface area contributed by atoms with Gasteiger partial charge in [0.25, 0.3) is 11.8 Å². The fourth-order valence-corrected chi connectivity index (χ4v) is 3.95. The Morgan fingerprint density at radius 1 is 1.04 bits per heavy atom. The van der Waals surface area contributed by atoms with Crippen molar-refractivity contribution >= 4 is 22.7 Å². The number of likely N-dealkylation sites (tertiary alicyclic amines) is 2. The molecule has 6 heteroatoms. The summed E-state index contributed by atoms with van der Waals surface area (Å²) in [6.07, 6.45) is 4.24. The van der Waals surface area contributed by atoms with Crippen LogP contribution in [0.2, 0.25) is 0 Å². The Labute approximate surface area is 151 Å². The number of carbonyl (C=O) groups is 2. The van der Waals surface area contributed by atoms with E-state index in [1.54, 1.807) is 29.3 Å². The summed E-state index contributed by atoms with van der Waals surface area (Å²) in [5.41, 5.74) is -0.647. The van der Waals surface area contributed by atoms with E-state index in [0.29, 0.717) is 31.6 Å². The van der Waals surface area contributed by atoms with E-state index in [9.17, 15) is 9.59 Å². The van der Waals surface area contributed by atoms with Crippen LogP contribution < -0.4 is 0 Å². The predicted molar refractivity (Wildman–Crippen MR) is 96.5 cm³/mol. The number of carbonyl (C=O) groups excluding carboxylic acids is 2. The molecular weight excluding hydrogens is 333 g/mol. The van der Waals surface area contributed by atoms with Gasteiger partial charge in [-0.1, -0.05) is 6.07 Å². The molecule has 0 N–H and O–H groups in total. The standard InChI is InChI=1S/C20H22FN3O2/c21-20(19(26)23-10-1-2-11-23)8-4-12-24(14-20)18(25)16-6-7-17-15(13-16)5-3-9-22-17/h3,5-7,9,13H,1-2,4,8,10-12,14H2. The molecule has 2 aliphatic heterocycles. The van der Waals surface area contributed by atoms with Gasteiger partial charge in [0.2, 0.25) is 5.67 Å². The van der Waals surface area contributed by atoms with Crippen molar-refractivity contribution in [2.24, 2.45) is 0 Å². The highest BCUT2D eigenvalue weighted by Gasteiger charge is 2.46. The lowest BCUT2D eigenvalue weighted by atomic mass is 9.92. The molecule has 26 heavy (non-hydrogen) atoms. The van der Waals surface area contributed by atoms with Crippen LogP contribution in [0, 0.1) is 0 Å². The molecule has 4 rings (SSSR count). The van der Waals surface area contributed by atoms with Crippen LogP contribution in [0.1, 0.15) is 36.0 Å². The van der Waals surface area contributed by atoms with E-state index in [2.05, 4.69) is 4.98 Å². The molecule has 0 bridgehead atoms. The molecule has 1 aromatic carbocycles. The zero-order chi connectivity index (χ0) is 18.1. The third-order valence-electron chi connectivity index (χ3n) is 5.36. The quantitative estimate of drug-likeness (QED) is 0.832. The average molecular weight is 355 g/mol. The number of pyridine rings is 1. The Balaban J connectivity index is 1.54. The summed E-state index contributed by atoms with van der Waals surface area (Å²) in [7, 11) is 0. The van der Waals surface area contributed by atoms with E-state index in [1.165, 1.54) is 4.90 Å². The number of alkyl halides is 1. The molecule has 2 fully saturated rings. The highest BCUT2D eigenvalue weighted by Crippen LogP contribution is 2.30. The molecule has 0 radical (unpaired) electrons. The third-order valence-corrected chi connectivity index (χ3v) is 5.36. The van der Waals surface area contributed by atoms with Crippen LogP contribution in [0.4, 0.5) is 4.39 Å². The smallest absolute Gasteiger partial charge is 0.262 e. The van der Waals surface area contributed by atoms with Crippen molar-refractivity contribution in [3.8, 4) is 0 Å². The Hall–Kier alpha value is -2.50. The summed E-state index contributed by atoms with van der Waals surface area (Å²) in [5, 5.41) is 0.870. The fraction of sp³-hybridized carbons (Fsp3) is 0.450. The molecule has 1 atom stereocenters. The van der Waals surface area contributed by atoms with E-state index in [0.717, 1.165) is 23.7 Å². The van der Waals surface area contributed by atoms with Gasteiger partial charge >= 0.3 is 0 Å². The fourth-order valence-electron chi connectivity index (χ4n) is 3.95. The summed E-state index contributed by atoms with van der Waals surface area (Å²) in [6, 6.07) is 9.00. The molecule has 136 valence electrons. The normalized spacial score (nSPS) is 23.4. The zero-order valence-electron chi connectivity index (χ0n) is 14.7. The number of benzene rings is 1. The maximum absolute atomic E-state index is 15.4. The first-order valence-corrected chi connectivity index (χ1v) is 9.19. The largest absolute Gasteiger partial charge is 0.340 e. The first-order valence-electron chi connectivity index (χ1n) is 9.19. The van der Waals surface area contributed by atoms with Gasteiger partial charge in [0.1, 0.15) is 0 Å². The highest BCUT2D eigenvalue weighted by molar-refractivity contribution is 5.98. The minimum atomic E-state index is -1.96. The van der Waals surface area contributed by atoms with Crippen molar-refractivity contribution in [1.82, 2.24) is 14.8 Å². The maximum atomic E-state index is 15.4. The summed E-state index contributed by atoms with van der Waals surface area (Å²) in [6.45, 7) is 1.56. The number of hydrogen-bond donors (Lipinski definition) is 0. The van der Waals surface area contributed by atoms with Gasteiger partial charge in [-0.15, -0.1) is 0 Å². The van der Waals surface area contributed by atoms with E-state index in [-0.39, 0.29) is 18.9 Å². The van der Waals surface area contributed by atoms with Crippen molar-refractivity contribution in [3.05, 3.63) is 42.1 Å². The zero-order valence-corrected chi connectivity index (χ0v) is 14.7. The second-order valence-corrected chi connectivity index (χ2v) is 7.21. The second-order valence-electron chi connectivity index (χ2n) is 7.21. The highest BCUT2D eigenvalue weighted by atomic mass is 19.1. The topological polar surface area (TPSA) is 53.5 Å². The number of rotatable bonds is 2. The van der Waals surface area contributed by atoms with Crippen LogP contribution in [0.3, 0.4) is 0 Å². The van der Waals surface area contributed by atoms with Crippen molar-refractivity contribution in [3.63, 3.8) is 0 Å². The molecule has 0 aliphatic carbocycles. The second kappa shape index (κ2) is 6.67. The van der Waals surface area contributed by atoms with E-state index in [4.69, 9.17) is 0 Å². The number of amides is 2. The summed E-state index contributed by atoms with van der Waals surface area (Å²) in [5.74, 6) is -0.679. The number of aromatic nitrogens is 1. The molecular formula is C20H22FN3O2. The van der Waals surface area contributed by atoms with Gasteiger partial charge in [0.05, 0.1) is 12.1 Å². The number of fused-ring (bicyclic) bond motifs is 1. The van der Waals surface area contributed by atoms with Crippen LogP contribution in [0.15, 0.2) is 36.5 Å². The Bertz CT molecular complexity index is 850. The maximum Gasteiger partial charge on any atom is 0.262 e. The van der Waals surface area contributed by atoms with Crippen molar-refractivity contribution in [2.45, 2.75) is 31.4 Å². The summed E-state index contributed by atoms with van der Waals surface area (Å²) in [4.78, 5) is 32.8. The van der Waals surface area contributed by atoms with E-state index >= 15 is 4.39 Å². The average Bonchev–Trinajstić information content (AvgIpc) is 3.21. The molecule has 2 saturated heterocycles.